The number of thioether (sulfide) groups is 1. The number of nitrogens with one attached hydrogen (secondary N) is 2. The summed E-state index contributed by atoms with van der Waals surface area (Å²) in [6.45, 7) is 0. The lowest BCUT2D eigenvalue weighted by atomic mass is 10.2. The Balaban J connectivity index is 1.55. The molecule has 0 aliphatic heterocycles. The van der Waals surface area contributed by atoms with Gasteiger partial charge in [0.05, 0.1) is 32.5 Å². The van der Waals surface area contributed by atoms with Crippen molar-refractivity contribution in [1.29, 1.82) is 5.26 Å². The van der Waals surface area contributed by atoms with Crippen LogP contribution in [-0.4, -0.2) is 25.1 Å². The van der Waals surface area contributed by atoms with Gasteiger partial charge in [-0.05, 0) is 36.4 Å². The van der Waals surface area contributed by atoms with E-state index >= 15 is 0 Å². The minimum absolute atomic E-state index is 0.0235. The van der Waals surface area contributed by atoms with Gasteiger partial charge in [-0.15, -0.1) is 16.2 Å². The zero-order valence-electron chi connectivity index (χ0n) is 13.2. The van der Waals surface area contributed by atoms with Crippen LogP contribution < -0.4 is 10.3 Å². The molecule has 0 radical (unpaired) electrons. The Bertz CT molecular complexity index is 1050. The highest BCUT2D eigenvalue weighted by Crippen LogP contribution is 2.28. The van der Waals surface area contributed by atoms with Crippen molar-refractivity contribution >= 4 is 49.2 Å². The standard InChI is InChI=1S/C16H12N4O3S3/c17-9-11-5-7-12(8-6-11)26(22,23)20-19-15(21)10-24-16-18-13-3-1-2-4-14(13)25-16/h1-8,20H,10H2,(H,19,21). The van der Waals surface area contributed by atoms with Gasteiger partial charge < -0.3 is 0 Å². The number of thiazole rings is 1. The molecule has 0 atom stereocenters. The number of amides is 1. The third-order valence-corrected chi connectivity index (χ3v) is 6.66. The number of hydrogen-bond donors (Lipinski definition) is 2. The predicted molar refractivity (Wildman–Crippen MR) is 100.0 cm³/mol. The van der Waals surface area contributed by atoms with Crippen LogP contribution in [0.3, 0.4) is 0 Å². The molecule has 2 N–H and O–H groups in total. The van der Waals surface area contributed by atoms with Gasteiger partial charge in [0.15, 0.2) is 4.34 Å². The van der Waals surface area contributed by atoms with E-state index in [9.17, 15) is 13.2 Å². The third kappa shape index (κ3) is 4.39. The quantitative estimate of drug-likeness (QED) is 0.481. The zero-order chi connectivity index (χ0) is 18.6. The number of hydrazine groups is 1. The highest BCUT2D eigenvalue weighted by Gasteiger charge is 2.15. The van der Waals surface area contributed by atoms with Gasteiger partial charge in [0.1, 0.15) is 0 Å². The summed E-state index contributed by atoms with van der Waals surface area (Å²) in [6, 6.07) is 14.9. The number of nitriles is 1. The van der Waals surface area contributed by atoms with Gasteiger partial charge >= 0.3 is 0 Å². The van der Waals surface area contributed by atoms with Gasteiger partial charge in [-0.1, -0.05) is 23.9 Å². The Morgan fingerprint density at radius 2 is 1.92 bits per heavy atom. The Hall–Kier alpha value is -2.45. The number of aromatic nitrogens is 1. The normalized spacial score (nSPS) is 11.2. The van der Waals surface area contributed by atoms with Crippen LogP contribution in [0.2, 0.25) is 0 Å². The van der Waals surface area contributed by atoms with Gasteiger partial charge in [0.2, 0.25) is 5.91 Å². The van der Waals surface area contributed by atoms with Crippen LogP contribution in [0, 0.1) is 11.3 Å². The molecule has 1 amide bonds. The number of hydrogen-bond acceptors (Lipinski definition) is 7. The molecular formula is C16H12N4O3S3. The van der Waals surface area contributed by atoms with Crippen LogP contribution in [0.4, 0.5) is 0 Å². The molecule has 26 heavy (non-hydrogen) atoms. The van der Waals surface area contributed by atoms with E-state index in [0.717, 1.165) is 14.6 Å². The summed E-state index contributed by atoms with van der Waals surface area (Å²) in [4.78, 5) is 18.3. The van der Waals surface area contributed by atoms with Crippen LogP contribution in [-0.2, 0) is 14.8 Å². The topological polar surface area (TPSA) is 112 Å². The maximum Gasteiger partial charge on any atom is 0.257 e. The number of benzene rings is 2. The Morgan fingerprint density at radius 3 is 2.62 bits per heavy atom. The van der Waals surface area contributed by atoms with Crippen LogP contribution in [0.25, 0.3) is 10.2 Å². The number of fused-ring (bicyclic) bond motifs is 1. The summed E-state index contributed by atoms with van der Waals surface area (Å²) < 4.78 is 26.0. The molecule has 0 bridgehead atoms. The minimum Gasteiger partial charge on any atom is -0.277 e. The van der Waals surface area contributed by atoms with Crippen molar-refractivity contribution in [2.45, 2.75) is 9.24 Å². The fourth-order valence-electron chi connectivity index (χ4n) is 1.97. The first-order chi connectivity index (χ1) is 12.5. The summed E-state index contributed by atoms with van der Waals surface area (Å²) >= 11 is 2.70. The highest BCUT2D eigenvalue weighted by molar-refractivity contribution is 8.01. The lowest BCUT2D eigenvalue weighted by molar-refractivity contribution is -0.119. The van der Waals surface area contributed by atoms with Crippen molar-refractivity contribution < 1.29 is 13.2 Å². The molecule has 0 unspecified atom stereocenters. The fourth-order valence-corrected chi connectivity index (χ4v) is 4.70. The number of para-hydroxylation sites is 1. The van der Waals surface area contributed by atoms with Crippen molar-refractivity contribution in [3.63, 3.8) is 0 Å². The molecule has 0 spiro atoms. The zero-order valence-corrected chi connectivity index (χ0v) is 15.6. The molecule has 0 fully saturated rings. The van der Waals surface area contributed by atoms with Gasteiger partial charge in [-0.2, -0.15) is 5.26 Å². The largest absolute Gasteiger partial charge is 0.277 e. The van der Waals surface area contributed by atoms with E-state index in [1.807, 2.05) is 35.2 Å². The molecule has 0 saturated heterocycles. The smallest absolute Gasteiger partial charge is 0.257 e. The van der Waals surface area contributed by atoms with Crippen LogP contribution >= 0.6 is 23.1 Å². The summed E-state index contributed by atoms with van der Waals surface area (Å²) in [6.07, 6.45) is 0. The molecule has 7 nitrogen and oxygen atoms in total. The number of sulfonamides is 1. The molecule has 132 valence electrons. The second-order valence-corrected chi connectivity index (χ2v) is 8.96. The lowest BCUT2D eigenvalue weighted by Crippen LogP contribution is -2.42. The Labute approximate surface area is 158 Å². The molecule has 1 heterocycles. The minimum atomic E-state index is -3.90. The van der Waals surface area contributed by atoms with E-state index in [2.05, 4.69) is 10.4 Å². The first-order valence-electron chi connectivity index (χ1n) is 7.27. The summed E-state index contributed by atoms with van der Waals surface area (Å²) in [5.74, 6) is -0.470. The van der Waals surface area contributed by atoms with Crippen molar-refractivity contribution in [3.8, 4) is 6.07 Å². The summed E-state index contributed by atoms with van der Waals surface area (Å²) in [7, 11) is -3.90. The molecular weight excluding hydrogens is 392 g/mol. The first-order valence-corrected chi connectivity index (χ1v) is 10.6. The third-order valence-electron chi connectivity index (χ3n) is 3.22. The van der Waals surface area contributed by atoms with Gasteiger partial charge in [-0.3, -0.25) is 10.2 Å². The average Bonchev–Trinajstić information content (AvgIpc) is 3.08. The van der Waals surface area contributed by atoms with E-state index in [-0.39, 0.29) is 10.6 Å². The molecule has 3 aromatic rings. The van der Waals surface area contributed by atoms with E-state index in [0.29, 0.717) is 5.56 Å². The fraction of sp³-hybridized carbons (Fsp3) is 0.0625. The maximum atomic E-state index is 12.1. The Kier molecular flexibility index (Phi) is 5.53. The monoisotopic (exact) mass is 404 g/mol. The van der Waals surface area contributed by atoms with Crippen molar-refractivity contribution in [2.75, 3.05) is 5.75 Å². The van der Waals surface area contributed by atoms with Crippen LogP contribution in [0.5, 0.6) is 0 Å². The van der Waals surface area contributed by atoms with Gasteiger partial charge in [-0.25, -0.2) is 13.4 Å². The number of rotatable bonds is 6. The molecule has 0 aliphatic rings. The first kappa shape index (κ1) is 18.3. The molecule has 10 heteroatoms. The van der Waals surface area contributed by atoms with Crippen molar-refractivity contribution in [1.82, 2.24) is 15.2 Å². The van der Waals surface area contributed by atoms with E-state index < -0.39 is 15.9 Å². The highest BCUT2D eigenvalue weighted by atomic mass is 32.2. The second kappa shape index (κ2) is 7.84. The van der Waals surface area contributed by atoms with Crippen molar-refractivity contribution in [3.05, 3.63) is 54.1 Å². The van der Waals surface area contributed by atoms with Crippen LogP contribution in [0.1, 0.15) is 5.56 Å². The SMILES string of the molecule is N#Cc1ccc(S(=O)(=O)NNC(=O)CSc2nc3ccccc3s2)cc1. The summed E-state index contributed by atoms with van der Waals surface area (Å²) in [5, 5.41) is 8.73. The molecule has 3 rings (SSSR count). The van der Waals surface area contributed by atoms with Crippen LogP contribution in [0.15, 0.2) is 57.8 Å². The van der Waals surface area contributed by atoms with E-state index in [1.54, 1.807) is 0 Å². The number of carbonyl (C=O) groups is 1. The summed E-state index contributed by atoms with van der Waals surface area (Å²) in [5.41, 5.74) is 3.38. The van der Waals surface area contributed by atoms with Crippen molar-refractivity contribution in [2.24, 2.45) is 0 Å². The van der Waals surface area contributed by atoms with E-state index in [4.69, 9.17) is 5.26 Å². The van der Waals surface area contributed by atoms with E-state index in [1.165, 1.54) is 47.4 Å². The van der Waals surface area contributed by atoms with Gasteiger partial charge in [0.25, 0.3) is 10.0 Å². The van der Waals surface area contributed by atoms with Gasteiger partial charge in [0, 0.05) is 0 Å². The predicted octanol–water partition coefficient (Wildman–Crippen LogP) is 2.27. The molecule has 2 aromatic carbocycles. The molecule has 0 saturated carbocycles. The lowest BCUT2D eigenvalue weighted by Gasteiger charge is -2.08. The number of nitrogens with zero attached hydrogens (tertiary/aromatic N) is 2. The molecule has 0 aliphatic carbocycles. The Morgan fingerprint density at radius 1 is 1.19 bits per heavy atom. The molecule has 1 aromatic heterocycles. The maximum absolute atomic E-state index is 12.1. The average molecular weight is 404 g/mol. The number of carbonyl (C=O) groups excluding carboxylic acids is 1. The second-order valence-electron chi connectivity index (χ2n) is 5.03.